The molecule has 0 bridgehead atoms. The van der Waals surface area contributed by atoms with Gasteiger partial charge < -0.3 is 0 Å². The van der Waals surface area contributed by atoms with Gasteiger partial charge in [0.15, 0.2) is 69.5 Å². The molecule has 0 fully saturated rings. The molecule has 0 spiro atoms. The van der Waals surface area contributed by atoms with Crippen molar-refractivity contribution in [3.63, 3.8) is 0 Å². The number of benzene rings is 19. The lowest BCUT2D eigenvalue weighted by molar-refractivity contribution is 0.660. The van der Waals surface area contributed by atoms with Gasteiger partial charge in [-0.05, 0) is 193 Å². The highest BCUT2D eigenvalue weighted by atomic mass is 15.1. The minimum absolute atomic E-state index is 0.202. The Morgan fingerprint density at radius 1 is 0.152 bits per heavy atom. The van der Waals surface area contributed by atoms with Crippen molar-refractivity contribution in [1.82, 2.24) is 44.9 Å². The molecule has 12 nitrogen and oxygen atoms in total. The van der Waals surface area contributed by atoms with Crippen LogP contribution in [0.3, 0.4) is 0 Å². The van der Waals surface area contributed by atoms with Crippen LogP contribution in [0, 0.1) is 19.7 Å². The van der Waals surface area contributed by atoms with Crippen molar-refractivity contribution < 1.29 is 0 Å². The van der Waals surface area contributed by atoms with Gasteiger partial charge in [0, 0.05) is 66.3 Å². The van der Waals surface area contributed by atoms with Gasteiger partial charge in [0.05, 0.1) is 19.7 Å². The molecule has 0 aliphatic heterocycles. The summed E-state index contributed by atoms with van der Waals surface area (Å²) in [6.45, 7) is 36.8. The van der Waals surface area contributed by atoms with E-state index in [4.69, 9.17) is 64.6 Å². The average molecular weight is 1860 g/mol. The SMILES string of the molecule is [C-]#[N+]c1cccc2c1-c1ccc(-c3cccc(-c4nc(-c5ccc(-c6ccccc6)cc5)nc(-c5ccc(-c6ccccc6)cc5)n4)c3)cc1C2(C)C.[C-]#[N+]c1cccc2c1-c1ccc(-c3cccc(-c4nc(-c5ccccc5)nc(-c5ccc6ccccc6c5)n4)c3)cc1C2(C)C.[C-]#[N+]c1cccc2c1-c1ccc(-c3cccc(-c4nc(-c5ccccc5)nc(-c5cccc(-c6ccccc6)c5)n4)c3)cc1C2(C)C. The average Bonchev–Trinajstić information content (AvgIpc) is 1.58. The summed E-state index contributed by atoms with van der Waals surface area (Å²) in [7, 11) is 0. The fourth-order valence-electron chi connectivity index (χ4n) is 20.8. The summed E-state index contributed by atoms with van der Waals surface area (Å²) in [4.78, 5) is 56.6. The Kier molecular flexibility index (Phi) is 23.3. The molecule has 3 heterocycles. The van der Waals surface area contributed by atoms with Crippen LogP contribution < -0.4 is 0 Å². The van der Waals surface area contributed by atoms with Gasteiger partial charge in [-0.15, -0.1) is 0 Å². The lowest BCUT2D eigenvalue weighted by atomic mass is 9.81. The van der Waals surface area contributed by atoms with Crippen LogP contribution in [0.4, 0.5) is 17.1 Å². The van der Waals surface area contributed by atoms with E-state index in [2.05, 4.69) is 384 Å². The number of rotatable bonds is 15. The Hall–Kier alpha value is -19.1. The molecule has 25 rings (SSSR count). The maximum absolute atomic E-state index is 7.80. The highest BCUT2D eigenvalue weighted by Gasteiger charge is 2.40. The minimum atomic E-state index is -0.219. The van der Waals surface area contributed by atoms with Crippen LogP contribution in [0.5, 0.6) is 0 Å². The molecule has 0 amide bonds. The summed E-state index contributed by atoms with van der Waals surface area (Å²) < 4.78 is 0. The second-order valence-electron chi connectivity index (χ2n) is 38.4. The van der Waals surface area contributed by atoms with E-state index in [-0.39, 0.29) is 16.2 Å². The molecule has 684 valence electrons. The normalized spacial score (nSPS) is 12.6. The third-order valence-corrected chi connectivity index (χ3v) is 28.5. The second-order valence-corrected chi connectivity index (χ2v) is 38.4. The van der Waals surface area contributed by atoms with Crippen LogP contribution in [0.15, 0.2) is 449 Å². The van der Waals surface area contributed by atoms with Crippen LogP contribution >= 0.6 is 0 Å². The largest absolute Gasteiger partial charge is 0.238 e. The molecule has 145 heavy (non-hydrogen) atoms. The molecule has 3 aliphatic carbocycles. The molecule has 3 aromatic heterocycles. The van der Waals surface area contributed by atoms with Crippen LogP contribution in [-0.4, -0.2) is 44.9 Å². The summed E-state index contributed by atoms with van der Waals surface area (Å²) in [5.41, 5.74) is 37.2. The van der Waals surface area contributed by atoms with Gasteiger partial charge >= 0.3 is 0 Å². The highest BCUT2D eigenvalue weighted by Crippen LogP contribution is 2.57. The fourth-order valence-corrected chi connectivity index (χ4v) is 20.8. The van der Waals surface area contributed by atoms with Crippen molar-refractivity contribution in [3.05, 3.63) is 517 Å². The first kappa shape index (κ1) is 89.8. The van der Waals surface area contributed by atoms with Crippen LogP contribution in [0.25, 0.3) is 228 Å². The molecule has 0 radical (unpaired) electrons. The first-order valence-electron chi connectivity index (χ1n) is 48.6. The molecular formula is C133H92N12. The Morgan fingerprint density at radius 2 is 0.345 bits per heavy atom. The summed E-state index contributed by atoms with van der Waals surface area (Å²) in [6, 6.07) is 154. The quantitative estimate of drug-likeness (QED) is 0.0921. The van der Waals surface area contributed by atoms with Gasteiger partial charge in [-0.2, -0.15) is 0 Å². The van der Waals surface area contributed by atoms with Gasteiger partial charge in [0.25, 0.3) is 0 Å². The van der Waals surface area contributed by atoms with E-state index in [1.165, 1.54) is 38.8 Å². The van der Waals surface area contributed by atoms with E-state index < -0.39 is 0 Å². The van der Waals surface area contributed by atoms with E-state index in [0.29, 0.717) is 69.5 Å². The molecule has 12 heteroatoms. The molecule has 19 aromatic carbocycles. The molecule has 22 aromatic rings. The topological polar surface area (TPSA) is 129 Å². The zero-order valence-electron chi connectivity index (χ0n) is 80.6. The Bertz CT molecular complexity index is 8870. The van der Waals surface area contributed by atoms with E-state index in [9.17, 15) is 0 Å². The summed E-state index contributed by atoms with van der Waals surface area (Å²) in [6.07, 6.45) is 0. The van der Waals surface area contributed by atoms with Crippen LogP contribution in [0.1, 0.15) is 74.9 Å². The van der Waals surface area contributed by atoms with Crippen molar-refractivity contribution in [2.24, 2.45) is 0 Å². The third-order valence-electron chi connectivity index (χ3n) is 28.5. The molecule has 0 N–H and O–H groups in total. The molecule has 0 unspecified atom stereocenters. The summed E-state index contributed by atoms with van der Waals surface area (Å²) in [5.74, 6) is 5.65. The fraction of sp³-hybridized carbons (Fsp3) is 0.0677. The third kappa shape index (κ3) is 17.1. The Morgan fingerprint density at radius 3 is 0.641 bits per heavy atom. The maximum Gasteiger partial charge on any atom is 0.195 e. The zero-order valence-corrected chi connectivity index (χ0v) is 80.6. The summed E-state index contributed by atoms with van der Waals surface area (Å²) in [5, 5.41) is 2.32. The predicted octanol–water partition coefficient (Wildman–Crippen LogP) is 34.3. The van der Waals surface area contributed by atoms with Crippen molar-refractivity contribution in [2.75, 3.05) is 0 Å². The number of nitrogens with zero attached hydrogens (tertiary/aromatic N) is 12. The van der Waals surface area contributed by atoms with E-state index in [1.807, 2.05) is 121 Å². The monoisotopic (exact) mass is 1860 g/mol. The summed E-state index contributed by atoms with van der Waals surface area (Å²) >= 11 is 0. The molecular weight excluding hydrogens is 1770 g/mol. The van der Waals surface area contributed by atoms with Crippen molar-refractivity contribution in [3.8, 4) is 203 Å². The molecule has 0 saturated carbocycles. The number of fused-ring (bicyclic) bond motifs is 10. The van der Waals surface area contributed by atoms with Crippen LogP contribution in [0.2, 0.25) is 0 Å². The number of hydrogen-bond acceptors (Lipinski definition) is 9. The van der Waals surface area contributed by atoms with Gasteiger partial charge in [-0.1, -0.05) is 442 Å². The van der Waals surface area contributed by atoms with Crippen molar-refractivity contribution >= 4 is 27.8 Å². The van der Waals surface area contributed by atoms with Crippen LogP contribution in [-0.2, 0) is 16.2 Å². The lowest BCUT2D eigenvalue weighted by Gasteiger charge is -2.22. The molecule has 3 aliphatic rings. The van der Waals surface area contributed by atoms with Gasteiger partial charge in [-0.25, -0.2) is 59.4 Å². The van der Waals surface area contributed by atoms with E-state index in [1.54, 1.807) is 0 Å². The lowest BCUT2D eigenvalue weighted by Crippen LogP contribution is -2.14. The second kappa shape index (κ2) is 37.6. The first-order chi connectivity index (χ1) is 70.9. The highest BCUT2D eigenvalue weighted by molar-refractivity contribution is 5.96. The number of hydrogen-bond donors (Lipinski definition) is 0. The maximum atomic E-state index is 7.80. The van der Waals surface area contributed by atoms with Crippen molar-refractivity contribution in [1.29, 1.82) is 0 Å². The van der Waals surface area contributed by atoms with Gasteiger partial charge in [-0.3, -0.25) is 0 Å². The van der Waals surface area contributed by atoms with E-state index in [0.717, 1.165) is 156 Å². The van der Waals surface area contributed by atoms with E-state index >= 15 is 0 Å². The minimum Gasteiger partial charge on any atom is -0.238 e. The standard InChI is InChI=1S/C49H34N4.C43H30N4.C41H28N4/c1-49(2)42-18-11-19-44(50-3)45(42)41-29-28-39(31-43(41)49)38-16-10-17-40(30-38)48-52-46(36-24-20-34(21-25-36)32-12-6-4-7-13-32)51-47(53-48)37-26-22-35(23-27-37)33-14-8-5-9-15-33;1-43(2)36-21-12-22-38(44-3)39(36)35-24-23-32(27-37(35)43)31-18-11-20-34(26-31)42-46-40(29-15-8-5-9-16-29)45-41(47-42)33-19-10-17-30(25-33)28-13-6-4-7-14-28;1-41(2)34-17-10-18-36(42-3)37(34)33-22-21-30(25-35(33)41)29-15-9-16-31(24-29)39-43-38(27-12-5-4-6-13-27)44-40(45-39)32-20-19-26-11-7-8-14-28(26)23-32/h4-31H,1-2H3;4-27H,1-2H3;4-25H,1-2H3. The molecule has 0 saturated heterocycles. The van der Waals surface area contributed by atoms with Crippen molar-refractivity contribution in [2.45, 2.75) is 57.8 Å². The molecule has 0 atom stereocenters. The Labute approximate surface area is 843 Å². The number of aromatic nitrogens is 9. The van der Waals surface area contributed by atoms with Gasteiger partial charge in [0.2, 0.25) is 0 Å². The Balaban J connectivity index is 0.000000121. The van der Waals surface area contributed by atoms with Gasteiger partial charge in [0.1, 0.15) is 0 Å². The predicted molar refractivity (Wildman–Crippen MR) is 590 cm³/mol. The first-order valence-corrected chi connectivity index (χ1v) is 48.6. The zero-order chi connectivity index (χ0) is 98.4. The smallest absolute Gasteiger partial charge is 0.195 e.